The number of hydrogen-bond donors (Lipinski definition) is 0. The molecule has 0 fully saturated rings. The molecule has 0 radical (unpaired) electrons. The van der Waals surface area contributed by atoms with Crippen molar-refractivity contribution in [3.05, 3.63) is 182 Å². The maximum atomic E-state index is 6.88. The van der Waals surface area contributed by atoms with Gasteiger partial charge < -0.3 is 13.4 Å². The van der Waals surface area contributed by atoms with Crippen molar-refractivity contribution in [2.24, 2.45) is 0 Å². The average Bonchev–Trinajstić information content (AvgIpc) is 3.96. The first-order chi connectivity index (χ1) is 28.3. The Hall–Kier alpha value is -7.83. The Bertz CT molecular complexity index is 3530. The lowest BCUT2D eigenvalue weighted by Gasteiger charge is -2.12. The Balaban J connectivity index is 1.09. The summed E-state index contributed by atoms with van der Waals surface area (Å²) in [6.45, 7) is 0. The summed E-state index contributed by atoms with van der Waals surface area (Å²) in [5.74, 6) is 1.71. The molecule has 6 heteroatoms. The summed E-state index contributed by atoms with van der Waals surface area (Å²) in [5.41, 5.74) is 11.3. The first-order valence-electron chi connectivity index (χ1n) is 19.0. The lowest BCUT2D eigenvalue weighted by Crippen LogP contribution is -2.00. The van der Waals surface area contributed by atoms with Crippen LogP contribution < -0.4 is 0 Å². The molecule has 0 aliphatic carbocycles. The number of aromatic nitrogens is 4. The van der Waals surface area contributed by atoms with Gasteiger partial charge in [-0.1, -0.05) is 140 Å². The summed E-state index contributed by atoms with van der Waals surface area (Å²) in [4.78, 5) is 15.3. The molecule has 0 N–H and O–H groups in total. The van der Waals surface area contributed by atoms with Crippen molar-refractivity contribution in [3.63, 3.8) is 0 Å². The Morgan fingerprint density at radius 3 is 1.84 bits per heavy atom. The van der Waals surface area contributed by atoms with Gasteiger partial charge in [-0.15, -0.1) is 0 Å². The van der Waals surface area contributed by atoms with Crippen molar-refractivity contribution in [2.75, 3.05) is 0 Å². The molecule has 0 saturated heterocycles. The number of hydrogen-bond acceptors (Lipinski definition) is 5. The Kier molecular flexibility index (Phi) is 6.83. The van der Waals surface area contributed by atoms with E-state index in [4.69, 9.17) is 23.8 Å². The summed E-state index contributed by atoms with van der Waals surface area (Å²) in [5, 5.41) is 6.47. The maximum absolute atomic E-state index is 6.88. The highest BCUT2D eigenvalue weighted by Crippen LogP contribution is 2.44. The minimum absolute atomic E-state index is 0.562. The lowest BCUT2D eigenvalue weighted by molar-refractivity contribution is 0.669. The quantitative estimate of drug-likeness (QED) is 0.176. The predicted octanol–water partition coefficient (Wildman–Crippen LogP) is 13.4. The molecule has 4 aromatic heterocycles. The van der Waals surface area contributed by atoms with E-state index >= 15 is 0 Å². The second kappa shape index (κ2) is 12.3. The third-order valence-corrected chi connectivity index (χ3v) is 11.1. The van der Waals surface area contributed by atoms with Crippen LogP contribution in [0.1, 0.15) is 0 Å². The van der Waals surface area contributed by atoms with Crippen LogP contribution in [0.25, 0.3) is 117 Å². The summed E-state index contributed by atoms with van der Waals surface area (Å²) in [6, 6.07) is 62.6. The van der Waals surface area contributed by atoms with Gasteiger partial charge in [-0.25, -0.2) is 15.0 Å². The Morgan fingerprint density at radius 2 is 0.982 bits per heavy atom. The first kappa shape index (κ1) is 31.5. The Labute approximate surface area is 325 Å². The topological polar surface area (TPSA) is 69.9 Å². The molecule has 57 heavy (non-hydrogen) atoms. The molecule has 266 valence electrons. The van der Waals surface area contributed by atoms with Crippen LogP contribution in [0.5, 0.6) is 0 Å². The van der Waals surface area contributed by atoms with Crippen LogP contribution in [-0.4, -0.2) is 19.5 Å². The van der Waals surface area contributed by atoms with Crippen molar-refractivity contribution >= 4 is 65.7 Å². The van der Waals surface area contributed by atoms with Crippen LogP contribution in [0.15, 0.2) is 191 Å². The highest BCUT2D eigenvalue weighted by Gasteiger charge is 2.22. The van der Waals surface area contributed by atoms with Crippen molar-refractivity contribution in [3.8, 4) is 51.0 Å². The summed E-state index contributed by atoms with van der Waals surface area (Å²) in [6.07, 6.45) is 0. The lowest BCUT2D eigenvalue weighted by atomic mass is 9.98. The van der Waals surface area contributed by atoms with Crippen LogP contribution in [-0.2, 0) is 0 Å². The van der Waals surface area contributed by atoms with Gasteiger partial charge in [0.25, 0.3) is 0 Å². The molecule has 0 atom stereocenters. The number of para-hydroxylation sites is 5. The molecular weight excluding hydrogens is 701 g/mol. The fourth-order valence-electron chi connectivity index (χ4n) is 8.53. The molecule has 0 unspecified atom stereocenters. The van der Waals surface area contributed by atoms with Gasteiger partial charge in [-0.05, 0) is 42.5 Å². The van der Waals surface area contributed by atoms with Crippen LogP contribution in [0.3, 0.4) is 0 Å². The van der Waals surface area contributed by atoms with Crippen LogP contribution in [0, 0.1) is 0 Å². The van der Waals surface area contributed by atoms with Crippen molar-refractivity contribution in [1.82, 2.24) is 19.5 Å². The summed E-state index contributed by atoms with van der Waals surface area (Å²) >= 11 is 0. The smallest absolute Gasteiger partial charge is 0.164 e. The van der Waals surface area contributed by atoms with Crippen LogP contribution >= 0.6 is 0 Å². The van der Waals surface area contributed by atoms with Gasteiger partial charge in [0, 0.05) is 65.8 Å². The molecule has 0 aliphatic rings. The van der Waals surface area contributed by atoms with E-state index in [2.05, 4.69) is 120 Å². The fourth-order valence-corrected chi connectivity index (χ4v) is 8.53. The van der Waals surface area contributed by atoms with Gasteiger partial charge in [0.1, 0.15) is 22.3 Å². The maximum Gasteiger partial charge on any atom is 0.164 e. The van der Waals surface area contributed by atoms with Gasteiger partial charge >= 0.3 is 0 Å². The molecule has 4 heterocycles. The molecule has 0 aliphatic heterocycles. The second-order valence-corrected chi connectivity index (χ2v) is 14.3. The largest absolute Gasteiger partial charge is 0.456 e. The third-order valence-electron chi connectivity index (χ3n) is 11.1. The fraction of sp³-hybridized carbons (Fsp3) is 0. The number of furan rings is 2. The van der Waals surface area contributed by atoms with Crippen LogP contribution in [0.2, 0.25) is 0 Å². The van der Waals surface area contributed by atoms with E-state index in [0.29, 0.717) is 17.5 Å². The number of nitrogens with zero attached hydrogens (tertiary/aromatic N) is 4. The third kappa shape index (κ3) is 4.87. The molecule has 0 amide bonds. The highest BCUT2D eigenvalue weighted by molar-refractivity contribution is 6.19. The van der Waals surface area contributed by atoms with Gasteiger partial charge in [0.05, 0.1) is 11.0 Å². The van der Waals surface area contributed by atoms with E-state index in [1.165, 1.54) is 10.8 Å². The number of benzene rings is 8. The molecule has 8 aromatic carbocycles. The minimum atomic E-state index is 0.562. The normalized spacial score (nSPS) is 11.9. The molecule has 6 nitrogen and oxygen atoms in total. The number of fused-ring (bicyclic) bond motifs is 9. The van der Waals surface area contributed by atoms with Crippen molar-refractivity contribution in [1.29, 1.82) is 0 Å². The number of rotatable bonds is 5. The zero-order chi connectivity index (χ0) is 37.5. The Morgan fingerprint density at radius 1 is 0.368 bits per heavy atom. The molecule has 0 bridgehead atoms. The average molecular weight is 731 g/mol. The van der Waals surface area contributed by atoms with E-state index in [1.54, 1.807) is 0 Å². The van der Waals surface area contributed by atoms with E-state index in [0.717, 1.165) is 88.4 Å². The van der Waals surface area contributed by atoms with Gasteiger partial charge in [-0.3, -0.25) is 0 Å². The van der Waals surface area contributed by atoms with Gasteiger partial charge in [0.15, 0.2) is 17.5 Å². The zero-order valence-corrected chi connectivity index (χ0v) is 30.4. The first-order valence-corrected chi connectivity index (χ1v) is 19.0. The standard InChI is InChI=1S/C51H30N4O2/c1-3-14-31(15-4-1)49-52-50(32-28-29-36-35-19-8-10-26-43(35)56-45(36)30-32)54-51(53-49)41-24-13-27-44-46(41)40-23-12-22-39(48(40)57-44)38-21-11-20-37-34-18-7-9-25-42(34)55(47(37)38)33-16-5-2-6-17-33/h1-30H. The van der Waals surface area contributed by atoms with E-state index < -0.39 is 0 Å². The van der Waals surface area contributed by atoms with Gasteiger partial charge in [0.2, 0.25) is 0 Å². The summed E-state index contributed by atoms with van der Waals surface area (Å²) in [7, 11) is 0. The molecule has 12 aromatic rings. The van der Waals surface area contributed by atoms with Crippen molar-refractivity contribution < 1.29 is 8.83 Å². The molecule has 0 spiro atoms. The second-order valence-electron chi connectivity index (χ2n) is 14.3. The zero-order valence-electron chi connectivity index (χ0n) is 30.4. The van der Waals surface area contributed by atoms with E-state index in [-0.39, 0.29) is 0 Å². The van der Waals surface area contributed by atoms with Crippen LogP contribution in [0.4, 0.5) is 0 Å². The van der Waals surface area contributed by atoms with E-state index in [9.17, 15) is 0 Å². The molecule has 0 saturated carbocycles. The highest BCUT2D eigenvalue weighted by atomic mass is 16.3. The SMILES string of the molecule is c1ccc(-c2nc(-c3ccc4c(c3)oc3ccccc34)nc(-c3cccc4oc5c(-c6cccc7c8ccccc8n(-c8ccccc8)c67)cccc5c34)n2)cc1. The van der Waals surface area contributed by atoms with E-state index in [1.807, 2.05) is 66.7 Å². The monoisotopic (exact) mass is 730 g/mol. The molecule has 12 rings (SSSR count). The predicted molar refractivity (Wildman–Crippen MR) is 230 cm³/mol. The summed E-state index contributed by atoms with van der Waals surface area (Å²) < 4.78 is 15.5. The van der Waals surface area contributed by atoms with Crippen molar-refractivity contribution in [2.45, 2.75) is 0 Å². The van der Waals surface area contributed by atoms with Gasteiger partial charge in [-0.2, -0.15) is 0 Å². The molecular formula is C51H30N4O2. The minimum Gasteiger partial charge on any atom is -0.456 e.